The van der Waals surface area contributed by atoms with Crippen LogP contribution in [-0.4, -0.2) is 25.7 Å². The first kappa shape index (κ1) is 22.3. The minimum Gasteiger partial charge on any atom is -0.490 e. The molecular weight excluding hydrogens is 442 g/mol. The zero-order valence-electron chi connectivity index (χ0n) is 19.1. The number of hydrogen-bond acceptors (Lipinski definition) is 5. The molecule has 0 bridgehead atoms. The number of carbonyl (C=O) groups is 1. The summed E-state index contributed by atoms with van der Waals surface area (Å²) in [5.74, 6) is 1.61. The van der Waals surface area contributed by atoms with Crippen molar-refractivity contribution in [1.82, 2.24) is 5.32 Å². The summed E-state index contributed by atoms with van der Waals surface area (Å²) in [5.41, 5.74) is 4.11. The molecule has 0 fully saturated rings. The lowest BCUT2D eigenvalue weighted by Gasteiger charge is -2.09. The van der Waals surface area contributed by atoms with Gasteiger partial charge in [-0.3, -0.25) is 4.79 Å². The molecule has 1 N–H and O–H groups in total. The Morgan fingerprint density at radius 2 is 1.51 bits per heavy atom. The number of benzene rings is 3. The molecule has 6 nitrogen and oxygen atoms in total. The fourth-order valence-corrected chi connectivity index (χ4v) is 3.84. The van der Waals surface area contributed by atoms with Gasteiger partial charge >= 0.3 is 0 Å². The highest BCUT2D eigenvalue weighted by Gasteiger charge is 2.10. The molecule has 0 atom stereocenters. The second-order valence-electron chi connectivity index (χ2n) is 7.99. The van der Waals surface area contributed by atoms with Crippen LogP contribution in [0.25, 0.3) is 22.1 Å². The summed E-state index contributed by atoms with van der Waals surface area (Å²) >= 11 is 0. The van der Waals surface area contributed by atoms with E-state index in [2.05, 4.69) is 29.6 Å². The van der Waals surface area contributed by atoms with Gasteiger partial charge in [0.25, 0.3) is 5.91 Å². The predicted molar refractivity (Wildman–Crippen MR) is 134 cm³/mol. The van der Waals surface area contributed by atoms with Gasteiger partial charge in [0.15, 0.2) is 5.76 Å². The number of rotatable bonds is 10. The molecule has 0 spiro atoms. The molecule has 0 unspecified atom stereocenters. The predicted octanol–water partition coefficient (Wildman–Crippen LogP) is 6.12. The quantitative estimate of drug-likeness (QED) is 0.250. The van der Waals surface area contributed by atoms with Gasteiger partial charge in [-0.05, 0) is 60.0 Å². The lowest BCUT2D eigenvalue weighted by Crippen LogP contribution is -2.25. The highest BCUT2D eigenvalue weighted by molar-refractivity contribution is 5.91. The van der Waals surface area contributed by atoms with Gasteiger partial charge in [0.2, 0.25) is 0 Å². The van der Waals surface area contributed by atoms with Crippen LogP contribution in [0.3, 0.4) is 0 Å². The second kappa shape index (κ2) is 10.7. The van der Waals surface area contributed by atoms with Crippen LogP contribution in [0.1, 0.15) is 16.1 Å². The normalized spacial score (nSPS) is 10.9. The van der Waals surface area contributed by atoms with E-state index in [0.717, 1.165) is 33.6 Å². The number of amides is 1. The standard InChI is InChI=1S/C29H25NO5/c31-29(28-7-4-16-34-28)30-15-14-23-20-35-27-13-12-25(19-26(23)27)33-18-17-32-24-10-8-22(9-11-24)21-5-2-1-3-6-21/h1-13,16,19-20H,14-15,17-18H2,(H,30,31). The first-order chi connectivity index (χ1) is 17.3. The maximum absolute atomic E-state index is 12.0. The van der Waals surface area contributed by atoms with E-state index in [9.17, 15) is 4.79 Å². The maximum atomic E-state index is 12.0. The van der Waals surface area contributed by atoms with E-state index in [1.54, 1.807) is 18.4 Å². The summed E-state index contributed by atoms with van der Waals surface area (Å²) < 4.78 is 22.5. The van der Waals surface area contributed by atoms with Crippen LogP contribution >= 0.6 is 0 Å². The summed E-state index contributed by atoms with van der Waals surface area (Å²) in [6.45, 7) is 1.31. The maximum Gasteiger partial charge on any atom is 0.286 e. The van der Waals surface area contributed by atoms with Crippen molar-refractivity contribution in [2.24, 2.45) is 0 Å². The molecule has 5 aromatic rings. The van der Waals surface area contributed by atoms with Crippen LogP contribution in [0.2, 0.25) is 0 Å². The molecule has 1 amide bonds. The average molecular weight is 468 g/mol. The monoisotopic (exact) mass is 467 g/mol. The fourth-order valence-electron chi connectivity index (χ4n) is 3.84. The van der Waals surface area contributed by atoms with Crippen LogP contribution < -0.4 is 14.8 Å². The zero-order chi connectivity index (χ0) is 23.9. The van der Waals surface area contributed by atoms with Crippen LogP contribution in [0, 0.1) is 0 Å². The number of fused-ring (bicyclic) bond motifs is 1. The second-order valence-corrected chi connectivity index (χ2v) is 7.99. The molecule has 0 saturated heterocycles. The molecule has 35 heavy (non-hydrogen) atoms. The van der Waals surface area contributed by atoms with Gasteiger partial charge in [-0.25, -0.2) is 0 Å². The van der Waals surface area contributed by atoms with Crippen molar-refractivity contribution in [2.75, 3.05) is 19.8 Å². The summed E-state index contributed by atoms with van der Waals surface area (Å²) in [5, 5.41) is 3.82. The van der Waals surface area contributed by atoms with Gasteiger partial charge in [-0.1, -0.05) is 42.5 Å². The smallest absolute Gasteiger partial charge is 0.286 e. The van der Waals surface area contributed by atoms with Gasteiger partial charge in [0.1, 0.15) is 30.3 Å². The van der Waals surface area contributed by atoms with Gasteiger partial charge in [-0.15, -0.1) is 0 Å². The Balaban J connectivity index is 1.11. The van der Waals surface area contributed by atoms with E-state index in [0.29, 0.717) is 31.9 Å². The number of ether oxygens (including phenoxy) is 2. The molecule has 0 aliphatic heterocycles. The average Bonchev–Trinajstić information content (AvgIpc) is 3.58. The summed E-state index contributed by atoms with van der Waals surface area (Å²) in [6.07, 6.45) is 3.83. The van der Waals surface area contributed by atoms with Gasteiger partial charge in [-0.2, -0.15) is 0 Å². The first-order valence-electron chi connectivity index (χ1n) is 11.5. The molecule has 0 radical (unpaired) electrons. The summed E-state index contributed by atoms with van der Waals surface area (Å²) in [6, 6.07) is 27.3. The molecular formula is C29H25NO5. The molecule has 5 rings (SSSR count). The fraction of sp³-hybridized carbons (Fsp3) is 0.138. The van der Waals surface area contributed by atoms with Crippen molar-refractivity contribution in [3.63, 3.8) is 0 Å². The van der Waals surface area contributed by atoms with Crippen molar-refractivity contribution < 1.29 is 23.1 Å². The van der Waals surface area contributed by atoms with E-state index < -0.39 is 0 Å². The SMILES string of the molecule is O=C(NCCc1coc2ccc(OCCOc3ccc(-c4ccccc4)cc3)cc12)c1ccco1. The Hall–Kier alpha value is -4.45. The Morgan fingerprint density at radius 3 is 2.29 bits per heavy atom. The molecule has 2 aromatic heterocycles. The van der Waals surface area contributed by atoms with Gasteiger partial charge < -0.3 is 23.6 Å². The number of carbonyl (C=O) groups excluding carboxylic acids is 1. The highest BCUT2D eigenvalue weighted by atomic mass is 16.5. The number of nitrogens with one attached hydrogen (secondary N) is 1. The third kappa shape index (κ3) is 5.55. The van der Waals surface area contributed by atoms with E-state index in [1.807, 2.05) is 48.5 Å². The topological polar surface area (TPSA) is 73.8 Å². The van der Waals surface area contributed by atoms with Crippen LogP contribution in [0.4, 0.5) is 0 Å². The lowest BCUT2D eigenvalue weighted by molar-refractivity contribution is 0.0926. The Morgan fingerprint density at radius 1 is 0.771 bits per heavy atom. The molecule has 176 valence electrons. The Kier molecular flexibility index (Phi) is 6.80. The molecule has 3 aromatic carbocycles. The van der Waals surface area contributed by atoms with Crippen molar-refractivity contribution in [3.8, 4) is 22.6 Å². The van der Waals surface area contributed by atoms with Gasteiger partial charge in [0.05, 0.1) is 12.5 Å². The van der Waals surface area contributed by atoms with Gasteiger partial charge in [0, 0.05) is 17.5 Å². The largest absolute Gasteiger partial charge is 0.490 e. The van der Waals surface area contributed by atoms with E-state index in [-0.39, 0.29) is 5.91 Å². The summed E-state index contributed by atoms with van der Waals surface area (Å²) in [7, 11) is 0. The van der Waals surface area contributed by atoms with Crippen LogP contribution in [0.15, 0.2) is 106 Å². The van der Waals surface area contributed by atoms with E-state index in [4.69, 9.17) is 18.3 Å². The number of furan rings is 2. The molecule has 0 aliphatic carbocycles. The molecule has 0 aliphatic rings. The minimum absolute atomic E-state index is 0.235. The van der Waals surface area contributed by atoms with E-state index >= 15 is 0 Å². The Labute approximate surface area is 203 Å². The number of hydrogen-bond donors (Lipinski definition) is 1. The van der Waals surface area contributed by atoms with Crippen molar-refractivity contribution in [1.29, 1.82) is 0 Å². The molecule has 6 heteroatoms. The highest BCUT2D eigenvalue weighted by Crippen LogP contribution is 2.26. The third-order valence-electron chi connectivity index (χ3n) is 5.63. The zero-order valence-corrected chi connectivity index (χ0v) is 19.1. The van der Waals surface area contributed by atoms with Crippen molar-refractivity contribution in [3.05, 3.63) is 109 Å². The van der Waals surface area contributed by atoms with Crippen LogP contribution in [-0.2, 0) is 6.42 Å². The van der Waals surface area contributed by atoms with E-state index in [1.165, 1.54) is 11.8 Å². The van der Waals surface area contributed by atoms with Crippen molar-refractivity contribution in [2.45, 2.75) is 6.42 Å². The summed E-state index contributed by atoms with van der Waals surface area (Å²) in [4.78, 5) is 12.0. The lowest BCUT2D eigenvalue weighted by atomic mass is 10.1. The first-order valence-corrected chi connectivity index (χ1v) is 11.5. The molecule has 0 saturated carbocycles. The Bertz CT molecular complexity index is 1370. The molecule has 2 heterocycles. The van der Waals surface area contributed by atoms with Crippen LogP contribution in [0.5, 0.6) is 11.5 Å². The minimum atomic E-state index is -0.235. The third-order valence-corrected chi connectivity index (χ3v) is 5.63. The van der Waals surface area contributed by atoms with Crippen molar-refractivity contribution >= 4 is 16.9 Å².